The number of aromatic amines is 1. The fraction of sp³-hybridized carbons (Fsp3) is 0.154. The molecule has 2 rings (SSSR count). The van der Waals surface area contributed by atoms with Gasteiger partial charge < -0.3 is 10.1 Å². The number of thiol groups is 1. The molecular weight excluding hydrogens is 234 g/mol. The van der Waals surface area contributed by atoms with Crippen molar-refractivity contribution in [2.24, 2.45) is 0 Å². The minimum absolute atomic E-state index is 0.310. The van der Waals surface area contributed by atoms with E-state index < -0.39 is 5.97 Å². The van der Waals surface area contributed by atoms with Crippen LogP contribution in [0.1, 0.15) is 22.3 Å². The summed E-state index contributed by atoms with van der Waals surface area (Å²) in [5.74, 6) is -0.101. The minimum atomic E-state index is -0.910. The summed E-state index contributed by atoms with van der Waals surface area (Å²) >= 11 is 4.13. The lowest BCUT2D eigenvalue weighted by Crippen LogP contribution is -1.93. The van der Waals surface area contributed by atoms with Gasteiger partial charge in [0, 0.05) is 17.1 Å². The highest BCUT2D eigenvalue weighted by Crippen LogP contribution is 2.20. The van der Waals surface area contributed by atoms with Crippen LogP contribution in [0.4, 0.5) is 0 Å². The molecule has 0 saturated heterocycles. The first-order chi connectivity index (χ1) is 8.22. The van der Waals surface area contributed by atoms with E-state index in [9.17, 15) is 4.79 Å². The number of carbonyl (C=O) groups is 1. The molecule has 0 amide bonds. The first kappa shape index (κ1) is 11.8. The molecule has 1 aromatic carbocycles. The molecule has 0 saturated carbocycles. The lowest BCUT2D eigenvalue weighted by molar-refractivity contribution is 0.0699. The Hall–Kier alpha value is -1.68. The summed E-state index contributed by atoms with van der Waals surface area (Å²) in [4.78, 5) is 13.9. The summed E-state index contributed by atoms with van der Waals surface area (Å²) in [5, 5.41) is 9.77. The number of aromatic carboxylic acids is 1. The van der Waals surface area contributed by atoms with Crippen LogP contribution < -0.4 is 0 Å². The summed E-state index contributed by atoms with van der Waals surface area (Å²) in [5.41, 5.74) is 2.15. The summed E-state index contributed by atoms with van der Waals surface area (Å²) in [6.45, 7) is 0. The molecule has 0 aliphatic heterocycles. The van der Waals surface area contributed by atoms with Gasteiger partial charge in [-0.15, -0.1) is 0 Å². The zero-order chi connectivity index (χ0) is 12.3. The van der Waals surface area contributed by atoms with E-state index >= 15 is 0 Å². The van der Waals surface area contributed by atoms with Gasteiger partial charge >= 0.3 is 5.97 Å². The van der Waals surface area contributed by atoms with Crippen LogP contribution in [0.25, 0.3) is 17.0 Å². The van der Waals surface area contributed by atoms with Crippen LogP contribution in [0.15, 0.2) is 30.5 Å². The average Bonchev–Trinajstić information content (AvgIpc) is 2.72. The number of rotatable bonds is 4. The van der Waals surface area contributed by atoms with Crippen LogP contribution in [-0.2, 0) is 0 Å². The molecule has 0 aliphatic rings. The van der Waals surface area contributed by atoms with Crippen LogP contribution in [0.5, 0.6) is 0 Å². The van der Waals surface area contributed by atoms with Gasteiger partial charge in [0.1, 0.15) is 0 Å². The van der Waals surface area contributed by atoms with Gasteiger partial charge in [0.25, 0.3) is 0 Å². The number of fused-ring (bicyclic) bond motifs is 1. The molecule has 0 bridgehead atoms. The molecule has 0 spiro atoms. The largest absolute Gasteiger partial charge is 0.478 e. The Morgan fingerprint density at radius 1 is 1.47 bits per heavy atom. The van der Waals surface area contributed by atoms with Crippen LogP contribution >= 0.6 is 12.6 Å². The van der Waals surface area contributed by atoms with E-state index in [1.807, 2.05) is 30.4 Å². The molecule has 0 fully saturated rings. The van der Waals surface area contributed by atoms with Gasteiger partial charge in [-0.3, -0.25) is 0 Å². The zero-order valence-electron chi connectivity index (χ0n) is 9.18. The molecule has 88 valence electrons. The molecule has 1 aromatic heterocycles. The average molecular weight is 247 g/mol. The molecule has 4 heteroatoms. The van der Waals surface area contributed by atoms with Crippen molar-refractivity contribution in [2.75, 3.05) is 5.75 Å². The third-order valence-electron chi connectivity index (χ3n) is 2.54. The Morgan fingerprint density at radius 2 is 2.29 bits per heavy atom. The lowest BCUT2D eigenvalue weighted by Gasteiger charge is -1.96. The molecule has 3 nitrogen and oxygen atoms in total. The van der Waals surface area contributed by atoms with Crippen LogP contribution in [0, 0.1) is 0 Å². The smallest absolute Gasteiger partial charge is 0.337 e. The maximum Gasteiger partial charge on any atom is 0.337 e. The second kappa shape index (κ2) is 5.10. The second-order valence-electron chi connectivity index (χ2n) is 3.73. The molecule has 1 heterocycles. The van der Waals surface area contributed by atoms with Crippen LogP contribution in [-0.4, -0.2) is 21.8 Å². The van der Waals surface area contributed by atoms with E-state index in [0.717, 1.165) is 28.6 Å². The summed E-state index contributed by atoms with van der Waals surface area (Å²) < 4.78 is 0. The van der Waals surface area contributed by atoms with Gasteiger partial charge in [-0.25, -0.2) is 4.79 Å². The van der Waals surface area contributed by atoms with Gasteiger partial charge in [0.05, 0.1) is 5.56 Å². The fourth-order valence-corrected chi connectivity index (χ4v) is 1.86. The first-order valence-electron chi connectivity index (χ1n) is 5.34. The normalized spacial score (nSPS) is 11.4. The Bertz CT molecular complexity index is 572. The quantitative estimate of drug-likeness (QED) is 0.727. The predicted octanol–water partition coefficient (Wildman–Crippen LogP) is 3.20. The van der Waals surface area contributed by atoms with Crippen molar-refractivity contribution in [1.29, 1.82) is 0 Å². The second-order valence-corrected chi connectivity index (χ2v) is 4.17. The zero-order valence-corrected chi connectivity index (χ0v) is 10.1. The van der Waals surface area contributed by atoms with Crippen molar-refractivity contribution in [3.05, 3.63) is 41.6 Å². The highest BCUT2D eigenvalue weighted by Gasteiger charge is 2.09. The Balaban J connectivity index is 2.41. The number of aromatic nitrogens is 1. The summed E-state index contributed by atoms with van der Waals surface area (Å²) in [6, 6.07) is 5.73. The van der Waals surface area contributed by atoms with Crippen molar-refractivity contribution in [3.8, 4) is 0 Å². The highest BCUT2D eigenvalue weighted by atomic mass is 32.1. The standard InChI is InChI=1S/C13H13NO2S/c15-13(16)11-8-14-12-5-4-9(7-10(11)12)3-1-2-6-17/h1,3-5,7-8,14,17H,2,6H2,(H,15,16). The van der Waals surface area contributed by atoms with E-state index in [-0.39, 0.29) is 0 Å². The van der Waals surface area contributed by atoms with Crippen LogP contribution in [0.2, 0.25) is 0 Å². The Kier molecular flexibility index (Phi) is 3.54. The minimum Gasteiger partial charge on any atom is -0.478 e. The monoisotopic (exact) mass is 247 g/mol. The number of carboxylic acid groups (broad SMARTS) is 1. The third kappa shape index (κ3) is 2.53. The molecule has 0 radical (unpaired) electrons. The van der Waals surface area contributed by atoms with Gasteiger partial charge in [0.2, 0.25) is 0 Å². The molecule has 0 aliphatic carbocycles. The van der Waals surface area contributed by atoms with E-state index in [4.69, 9.17) is 5.11 Å². The third-order valence-corrected chi connectivity index (χ3v) is 2.80. The van der Waals surface area contributed by atoms with E-state index in [1.54, 1.807) is 0 Å². The molecule has 2 N–H and O–H groups in total. The van der Waals surface area contributed by atoms with Crippen LogP contribution in [0.3, 0.4) is 0 Å². The number of hydrogen-bond donors (Lipinski definition) is 3. The summed E-state index contributed by atoms with van der Waals surface area (Å²) in [7, 11) is 0. The van der Waals surface area contributed by atoms with E-state index in [1.165, 1.54) is 6.20 Å². The summed E-state index contributed by atoms with van der Waals surface area (Å²) in [6.07, 6.45) is 6.43. The molecule has 0 unspecified atom stereocenters. The van der Waals surface area contributed by atoms with Crippen molar-refractivity contribution >= 4 is 35.6 Å². The molecule has 17 heavy (non-hydrogen) atoms. The van der Waals surface area contributed by atoms with Gasteiger partial charge in [0.15, 0.2) is 0 Å². The number of nitrogens with one attached hydrogen (secondary N) is 1. The first-order valence-corrected chi connectivity index (χ1v) is 5.97. The van der Waals surface area contributed by atoms with E-state index in [2.05, 4.69) is 17.6 Å². The molecule has 0 atom stereocenters. The Morgan fingerprint density at radius 3 is 3.00 bits per heavy atom. The number of hydrogen-bond acceptors (Lipinski definition) is 2. The van der Waals surface area contributed by atoms with Crippen molar-refractivity contribution in [1.82, 2.24) is 4.98 Å². The number of benzene rings is 1. The van der Waals surface area contributed by atoms with Crippen molar-refractivity contribution in [2.45, 2.75) is 6.42 Å². The SMILES string of the molecule is O=C(O)c1c[nH]c2ccc(C=CCCS)cc12. The maximum absolute atomic E-state index is 11.0. The maximum atomic E-state index is 11.0. The van der Waals surface area contributed by atoms with E-state index in [0.29, 0.717) is 5.56 Å². The van der Waals surface area contributed by atoms with Gasteiger partial charge in [-0.2, -0.15) is 12.6 Å². The van der Waals surface area contributed by atoms with Crippen molar-refractivity contribution in [3.63, 3.8) is 0 Å². The number of allylic oxidation sites excluding steroid dienone is 1. The predicted molar refractivity (Wildman–Crippen MR) is 72.8 cm³/mol. The number of carboxylic acids is 1. The topological polar surface area (TPSA) is 53.1 Å². The Labute approximate surface area is 105 Å². The fourth-order valence-electron chi connectivity index (χ4n) is 1.71. The van der Waals surface area contributed by atoms with Gasteiger partial charge in [-0.05, 0) is 29.9 Å². The number of H-pyrrole nitrogens is 1. The van der Waals surface area contributed by atoms with Crippen molar-refractivity contribution < 1.29 is 9.90 Å². The molecular formula is C13H13NO2S. The van der Waals surface area contributed by atoms with Gasteiger partial charge in [-0.1, -0.05) is 18.2 Å². The molecule has 2 aromatic rings. The highest BCUT2D eigenvalue weighted by molar-refractivity contribution is 7.80. The lowest BCUT2D eigenvalue weighted by atomic mass is 10.1.